The first-order chi connectivity index (χ1) is 22.7. The van der Waals surface area contributed by atoms with Crippen molar-refractivity contribution in [1.82, 2.24) is 24.1 Å². The van der Waals surface area contributed by atoms with Gasteiger partial charge < -0.3 is 19.9 Å². The highest BCUT2D eigenvalue weighted by molar-refractivity contribution is 7.97. The lowest BCUT2D eigenvalue weighted by Crippen LogP contribution is -2.53. The van der Waals surface area contributed by atoms with Crippen molar-refractivity contribution in [3.8, 4) is 0 Å². The number of carbonyl (C=O) groups excluding carboxylic acids is 2. The van der Waals surface area contributed by atoms with Gasteiger partial charge in [0.05, 0.1) is 11.6 Å². The van der Waals surface area contributed by atoms with Crippen LogP contribution in [0.2, 0.25) is 0 Å². The monoisotopic (exact) mass is 655 g/mol. The lowest BCUT2D eigenvalue weighted by atomic mass is 9.97. The number of rotatable bonds is 9. The molecule has 1 aliphatic rings. The van der Waals surface area contributed by atoms with Crippen molar-refractivity contribution in [2.75, 3.05) is 26.2 Å². The number of carbonyl (C=O) groups is 3. The number of amides is 2. The molecule has 0 radical (unpaired) electrons. The van der Waals surface area contributed by atoms with E-state index in [0.29, 0.717) is 42.8 Å². The van der Waals surface area contributed by atoms with Crippen LogP contribution in [0.3, 0.4) is 0 Å². The first-order valence-electron chi connectivity index (χ1n) is 15.0. The van der Waals surface area contributed by atoms with Crippen molar-refractivity contribution in [2.24, 2.45) is 0 Å². The molecule has 1 aliphatic heterocycles. The minimum atomic E-state index is -1.23. The summed E-state index contributed by atoms with van der Waals surface area (Å²) in [6, 6.07) is 22.0. The summed E-state index contributed by atoms with van der Waals surface area (Å²) in [5.41, 5.74) is 2.01. The highest BCUT2D eigenvalue weighted by Gasteiger charge is 2.36. The summed E-state index contributed by atoms with van der Waals surface area (Å²) < 4.78 is 31.3. The van der Waals surface area contributed by atoms with E-state index in [1.54, 1.807) is 46.7 Å². The van der Waals surface area contributed by atoms with Gasteiger partial charge in [0.1, 0.15) is 28.4 Å². The standard InChI is InChI=1S/C35H31F2N5O4S/c1-22(33(43)40-19-17-38-18-20-40)42(47-32-28(35(45)46)6-4-16-39-32)34(44)30-21-25-5-2-3-7-29(25)41(30)31(23-8-12-26(36)13-9-23)24-10-14-27(37)15-11-24/h2-16,21-22,31,38H,17-20H2,1H3,(H,45,46)/t22-/m1/s1. The van der Waals surface area contributed by atoms with Crippen molar-refractivity contribution < 1.29 is 28.3 Å². The molecule has 1 atom stereocenters. The summed E-state index contributed by atoms with van der Waals surface area (Å²) >= 11 is 0.789. The predicted molar refractivity (Wildman–Crippen MR) is 174 cm³/mol. The van der Waals surface area contributed by atoms with Crippen LogP contribution in [0.4, 0.5) is 8.78 Å². The van der Waals surface area contributed by atoms with E-state index < -0.39 is 35.6 Å². The van der Waals surface area contributed by atoms with E-state index in [2.05, 4.69) is 10.3 Å². The molecule has 0 spiro atoms. The number of aromatic carboxylic acids is 1. The molecular formula is C35H31F2N5O4S. The number of nitrogens with one attached hydrogen (secondary N) is 1. The number of carboxylic acids is 1. The van der Waals surface area contributed by atoms with Gasteiger partial charge >= 0.3 is 5.97 Å². The molecule has 2 N–H and O–H groups in total. The molecule has 240 valence electrons. The van der Waals surface area contributed by atoms with Crippen LogP contribution in [0.25, 0.3) is 10.9 Å². The number of nitrogens with zero attached hydrogens (tertiary/aromatic N) is 4. The average Bonchev–Trinajstić information content (AvgIpc) is 3.47. The van der Waals surface area contributed by atoms with Gasteiger partial charge in [-0.25, -0.2) is 18.6 Å². The second-order valence-corrected chi connectivity index (χ2v) is 12.1. The first-order valence-corrected chi connectivity index (χ1v) is 15.8. The molecule has 3 aromatic carbocycles. The molecule has 0 aliphatic carbocycles. The summed E-state index contributed by atoms with van der Waals surface area (Å²) in [5, 5.41) is 13.9. The summed E-state index contributed by atoms with van der Waals surface area (Å²) in [6.45, 7) is 3.74. The number of pyridine rings is 1. The number of hydrogen-bond donors (Lipinski definition) is 2. The number of carboxylic acid groups (broad SMARTS) is 1. The van der Waals surface area contributed by atoms with Crippen molar-refractivity contribution in [1.29, 1.82) is 0 Å². The fraction of sp³-hybridized carbons (Fsp3) is 0.200. The Bertz CT molecular complexity index is 1880. The van der Waals surface area contributed by atoms with Crippen LogP contribution in [-0.2, 0) is 4.79 Å². The molecular weight excluding hydrogens is 624 g/mol. The third-order valence-corrected chi connectivity index (χ3v) is 9.30. The maximum Gasteiger partial charge on any atom is 0.338 e. The summed E-state index contributed by atoms with van der Waals surface area (Å²) in [7, 11) is 0. The van der Waals surface area contributed by atoms with Gasteiger partial charge in [-0.2, -0.15) is 0 Å². The topological polar surface area (TPSA) is 108 Å². The van der Waals surface area contributed by atoms with Crippen LogP contribution in [0.5, 0.6) is 0 Å². The Morgan fingerprint density at radius 2 is 1.51 bits per heavy atom. The second-order valence-electron chi connectivity index (χ2n) is 11.1. The molecule has 1 fully saturated rings. The van der Waals surface area contributed by atoms with Crippen LogP contribution < -0.4 is 5.32 Å². The molecule has 0 saturated carbocycles. The Morgan fingerprint density at radius 1 is 0.894 bits per heavy atom. The number of halogens is 2. The molecule has 1 saturated heterocycles. The van der Waals surface area contributed by atoms with E-state index >= 15 is 0 Å². The molecule has 2 amide bonds. The highest BCUT2D eigenvalue weighted by atomic mass is 32.2. The van der Waals surface area contributed by atoms with Gasteiger partial charge in [0.2, 0.25) is 5.91 Å². The van der Waals surface area contributed by atoms with Gasteiger partial charge in [0.25, 0.3) is 5.91 Å². The normalized spacial score (nSPS) is 13.9. The zero-order valence-corrected chi connectivity index (χ0v) is 26.2. The minimum absolute atomic E-state index is 0.0459. The molecule has 9 nitrogen and oxygen atoms in total. The molecule has 47 heavy (non-hydrogen) atoms. The van der Waals surface area contributed by atoms with E-state index in [4.69, 9.17) is 0 Å². The fourth-order valence-electron chi connectivity index (χ4n) is 5.78. The molecule has 6 rings (SSSR count). The number of para-hydroxylation sites is 1. The first kappa shape index (κ1) is 31.9. The number of hydrogen-bond acceptors (Lipinski definition) is 6. The summed E-state index contributed by atoms with van der Waals surface area (Å²) in [4.78, 5) is 46.8. The summed E-state index contributed by atoms with van der Waals surface area (Å²) in [6.07, 6.45) is 1.43. The Balaban J connectivity index is 1.53. The van der Waals surface area contributed by atoms with E-state index in [-0.39, 0.29) is 22.2 Å². The lowest BCUT2D eigenvalue weighted by molar-refractivity contribution is -0.134. The molecule has 2 aromatic heterocycles. The molecule has 3 heterocycles. The second kappa shape index (κ2) is 13.7. The number of fused-ring (bicyclic) bond motifs is 1. The zero-order valence-electron chi connectivity index (χ0n) is 25.3. The molecule has 5 aromatic rings. The third-order valence-electron chi connectivity index (χ3n) is 8.12. The highest BCUT2D eigenvalue weighted by Crippen LogP contribution is 2.36. The average molecular weight is 656 g/mol. The third kappa shape index (κ3) is 6.60. The van der Waals surface area contributed by atoms with E-state index in [1.165, 1.54) is 46.9 Å². The van der Waals surface area contributed by atoms with Crippen molar-refractivity contribution in [3.63, 3.8) is 0 Å². The smallest absolute Gasteiger partial charge is 0.338 e. The number of piperazine rings is 1. The fourth-order valence-corrected chi connectivity index (χ4v) is 6.75. The number of benzene rings is 3. The minimum Gasteiger partial charge on any atom is -0.478 e. The van der Waals surface area contributed by atoms with Gasteiger partial charge in [-0.05, 0) is 66.6 Å². The van der Waals surface area contributed by atoms with Crippen LogP contribution in [-0.4, -0.2) is 73.9 Å². The van der Waals surface area contributed by atoms with Crippen LogP contribution in [0.1, 0.15) is 44.9 Å². The Hall–Kier alpha value is -5.07. The van der Waals surface area contributed by atoms with E-state index in [0.717, 1.165) is 17.3 Å². The van der Waals surface area contributed by atoms with Crippen molar-refractivity contribution in [2.45, 2.75) is 24.0 Å². The van der Waals surface area contributed by atoms with Crippen molar-refractivity contribution in [3.05, 3.63) is 131 Å². The van der Waals surface area contributed by atoms with Crippen LogP contribution >= 0.6 is 11.9 Å². The van der Waals surface area contributed by atoms with Crippen LogP contribution in [0, 0.1) is 11.6 Å². The molecule has 12 heteroatoms. The van der Waals surface area contributed by atoms with E-state index in [1.807, 2.05) is 24.3 Å². The maximum absolute atomic E-state index is 14.9. The number of aromatic nitrogens is 2. The Morgan fingerprint density at radius 3 is 2.13 bits per heavy atom. The Labute approximate surface area is 274 Å². The van der Waals surface area contributed by atoms with Crippen molar-refractivity contribution >= 4 is 40.6 Å². The molecule has 0 bridgehead atoms. The zero-order chi connectivity index (χ0) is 33.1. The maximum atomic E-state index is 14.9. The van der Waals surface area contributed by atoms with Gasteiger partial charge in [0, 0.05) is 55.2 Å². The predicted octanol–water partition coefficient (Wildman–Crippen LogP) is 5.62. The van der Waals surface area contributed by atoms with Gasteiger partial charge in [-0.3, -0.25) is 13.9 Å². The van der Waals surface area contributed by atoms with Gasteiger partial charge in [-0.1, -0.05) is 42.5 Å². The van der Waals surface area contributed by atoms with Gasteiger partial charge in [0.15, 0.2) is 0 Å². The SMILES string of the molecule is C[C@H](C(=O)N1CCNCC1)N(Sc1ncccc1C(=O)O)C(=O)c1cc2ccccc2n1C(c1ccc(F)cc1)c1ccc(F)cc1. The molecule has 0 unspecified atom stereocenters. The van der Waals surface area contributed by atoms with Crippen LogP contribution in [0.15, 0.2) is 102 Å². The lowest BCUT2D eigenvalue weighted by Gasteiger charge is -2.34. The summed E-state index contributed by atoms with van der Waals surface area (Å²) in [5.74, 6) is -2.97. The van der Waals surface area contributed by atoms with Gasteiger partial charge in [-0.15, -0.1) is 0 Å². The largest absolute Gasteiger partial charge is 0.478 e. The quantitative estimate of drug-likeness (QED) is 0.199. The van der Waals surface area contributed by atoms with E-state index in [9.17, 15) is 28.3 Å². The Kier molecular flexibility index (Phi) is 9.32.